The highest BCUT2D eigenvalue weighted by Gasteiger charge is 2.13. The minimum absolute atomic E-state index is 0.685. The van der Waals surface area contributed by atoms with Gasteiger partial charge in [0.05, 0.1) is 6.61 Å². The van der Waals surface area contributed by atoms with Crippen LogP contribution in [0.15, 0.2) is 18.2 Å². The van der Waals surface area contributed by atoms with Crippen LogP contribution in [0.1, 0.15) is 18.4 Å². The lowest BCUT2D eigenvalue weighted by atomic mass is 10.0. The lowest BCUT2D eigenvalue weighted by molar-refractivity contribution is 0.313. The number of hydrogen-bond acceptors (Lipinski definition) is 3. The second-order valence-electron chi connectivity index (χ2n) is 4.31. The van der Waals surface area contributed by atoms with Gasteiger partial charge in [0.1, 0.15) is 5.75 Å². The predicted octanol–water partition coefficient (Wildman–Crippen LogP) is 1.80. The lowest BCUT2D eigenvalue weighted by Crippen LogP contribution is -2.24. The molecule has 16 heavy (non-hydrogen) atoms. The van der Waals surface area contributed by atoms with Crippen molar-refractivity contribution in [2.24, 2.45) is 5.73 Å². The zero-order valence-electron chi connectivity index (χ0n) is 9.91. The molecule has 0 atom stereocenters. The van der Waals surface area contributed by atoms with Crippen LogP contribution in [0.3, 0.4) is 0 Å². The maximum atomic E-state index is 5.65. The van der Waals surface area contributed by atoms with Gasteiger partial charge in [0.25, 0.3) is 0 Å². The molecule has 88 valence electrons. The van der Waals surface area contributed by atoms with Gasteiger partial charge in [-0.2, -0.15) is 0 Å². The number of nitrogens with two attached hydrogens (primary N) is 1. The Hall–Kier alpha value is -1.22. The van der Waals surface area contributed by atoms with Crippen molar-refractivity contribution in [2.45, 2.75) is 19.3 Å². The van der Waals surface area contributed by atoms with Crippen LogP contribution in [0.2, 0.25) is 0 Å². The van der Waals surface area contributed by atoms with E-state index >= 15 is 0 Å². The van der Waals surface area contributed by atoms with Crippen molar-refractivity contribution >= 4 is 5.69 Å². The highest BCUT2D eigenvalue weighted by molar-refractivity contribution is 5.58. The molecule has 0 spiro atoms. The Morgan fingerprint density at radius 3 is 3.12 bits per heavy atom. The van der Waals surface area contributed by atoms with Crippen LogP contribution < -0.4 is 15.4 Å². The number of fused-ring (bicyclic) bond motifs is 1. The fraction of sp³-hybridized carbons (Fsp3) is 0.538. The van der Waals surface area contributed by atoms with Gasteiger partial charge in [0.2, 0.25) is 0 Å². The molecule has 0 radical (unpaired) electrons. The van der Waals surface area contributed by atoms with Gasteiger partial charge in [0.15, 0.2) is 0 Å². The first-order chi connectivity index (χ1) is 7.81. The van der Waals surface area contributed by atoms with Crippen molar-refractivity contribution in [1.82, 2.24) is 0 Å². The summed E-state index contributed by atoms with van der Waals surface area (Å²) in [6, 6.07) is 6.39. The molecule has 1 aromatic carbocycles. The first-order valence-corrected chi connectivity index (χ1v) is 5.98. The van der Waals surface area contributed by atoms with Crippen LogP contribution in [0, 0.1) is 0 Å². The third-order valence-electron chi connectivity index (χ3n) is 3.02. The van der Waals surface area contributed by atoms with Crippen molar-refractivity contribution in [3.8, 4) is 5.75 Å². The van der Waals surface area contributed by atoms with Gasteiger partial charge < -0.3 is 15.4 Å². The van der Waals surface area contributed by atoms with Crippen molar-refractivity contribution in [2.75, 3.05) is 31.6 Å². The Morgan fingerprint density at radius 1 is 1.44 bits per heavy atom. The van der Waals surface area contributed by atoms with Crippen LogP contribution in [0.4, 0.5) is 5.69 Å². The number of rotatable bonds is 4. The van der Waals surface area contributed by atoms with Gasteiger partial charge in [-0.25, -0.2) is 0 Å². The fourth-order valence-electron chi connectivity index (χ4n) is 2.10. The zero-order valence-corrected chi connectivity index (χ0v) is 9.91. The Kier molecular flexibility index (Phi) is 3.67. The maximum absolute atomic E-state index is 5.65. The molecular formula is C13H20N2O. The number of hydrogen-bond donors (Lipinski definition) is 1. The monoisotopic (exact) mass is 220 g/mol. The normalized spacial score (nSPS) is 14.8. The molecule has 0 saturated heterocycles. The standard InChI is InChI=1S/C13H20N2O/c1-15-8-2-4-11-5-6-12(10-13(11)15)16-9-3-7-14/h5-6,10H,2-4,7-9,14H2,1H3. The van der Waals surface area contributed by atoms with Crippen LogP contribution >= 0.6 is 0 Å². The van der Waals surface area contributed by atoms with Gasteiger partial charge in [-0.3, -0.25) is 0 Å². The molecule has 0 aliphatic carbocycles. The minimum Gasteiger partial charge on any atom is -0.493 e. The summed E-state index contributed by atoms with van der Waals surface area (Å²) in [6.45, 7) is 2.53. The summed E-state index contributed by atoms with van der Waals surface area (Å²) < 4.78 is 5.65. The second-order valence-corrected chi connectivity index (χ2v) is 4.31. The molecule has 1 heterocycles. The molecule has 0 amide bonds. The van der Waals surface area contributed by atoms with Gasteiger partial charge in [-0.15, -0.1) is 0 Å². The number of nitrogens with zero attached hydrogens (tertiary/aromatic N) is 1. The number of aryl methyl sites for hydroxylation is 1. The summed E-state index contributed by atoms with van der Waals surface area (Å²) >= 11 is 0. The number of benzene rings is 1. The molecule has 0 bridgehead atoms. The molecule has 0 saturated carbocycles. The van der Waals surface area contributed by atoms with Crippen molar-refractivity contribution in [3.63, 3.8) is 0 Å². The number of anilines is 1. The third-order valence-corrected chi connectivity index (χ3v) is 3.02. The first kappa shape index (κ1) is 11.3. The molecule has 2 rings (SSSR count). The summed E-state index contributed by atoms with van der Waals surface area (Å²) in [5.74, 6) is 0.959. The summed E-state index contributed by atoms with van der Waals surface area (Å²) in [4.78, 5) is 2.30. The van der Waals surface area contributed by atoms with E-state index < -0.39 is 0 Å². The number of ether oxygens (including phenoxy) is 1. The van der Waals surface area contributed by atoms with E-state index in [1.165, 1.54) is 24.1 Å². The lowest BCUT2D eigenvalue weighted by Gasteiger charge is -2.27. The molecule has 0 unspecified atom stereocenters. The SMILES string of the molecule is CN1CCCc2ccc(OCCCN)cc21. The van der Waals surface area contributed by atoms with E-state index in [4.69, 9.17) is 10.5 Å². The summed E-state index contributed by atoms with van der Waals surface area (Å²) in [5.41, 5.74) is 8.18. The van der Waals surface area contributed by atoms with E-state index in [2.05, 4.69) is 30.1 Å². The zero-order chi connectivity index (χ0) is 11.4. The molecule has 1 aliphatic rings. The molecule has 1 aromatic rings. The highest BCUT2D eigenvalue weighted by atomic mass is 16.5. The van der Waals surface area contributed by atoms with E-state index in [0.29, 0.717) is 13.2 Å². The van der Waals surface area contributed by atoms with E-state index in [-0.39, 0.29) is 0 Å². The first-order valence-electron chi connectivity index (χ1n) is 5.98. The topological polar surface area (TPSA) is 38.5 Å². The van der Waals surface area contributed by atoms with Crippen LogP contribution in [-0.2, 0) is 6.42 Å². The van der Waals surface area contributed by atoms with E-state index in [0.717, 1.165) is 18.7 Å². The molecule has 2 N–H and O–H groups in total. The van der Waals surface area contributed by atoms with Crippen molar-refractivity contribution in [1.29, 1.82) is 0 Å². The Balaban J connectivity index is 2.08. The van der Waals surface area contributed by atoms with Crippen LogP contribution in [0.25, 0.3) is 0 Å². The molecule has 0 fully saturated rings. The van der Waals surface area contributed by atoms with Gasteiger partial charge in [-0.05, 0) is 37.4 Å². The van der Waals surface area contributed by atoms with Gasteiger partial charge in [0, 0.05) is 25.3 Å². The van der Waals surface area contributed by atoms with Crippen LogP contribution in [0.5, 0.6) is 5.75 Å². The van der Waals surface area contributed by atoms with Crippen molar-refractivity contribution in [3.05, 3.63) is 23.8 Å². The third kappa shape index (κ3) is 2.47. The predicted molar refractivity (Wildman–Crippen MR) is 67.2 cm³/mol. The van der Waals surface area contributed by atoms with Crippen molar-refractivity contribution < 1.29 is 4.74 Å². The second kappa shape index (κ2) is 5.21. The highest BCUT2D eigenvalue weighted by Crippen LogP contribution is 2.29. The average molecular weight is 220 g/mol. The largest absolute Gasteiger partial charge is 0.493 e. The molecule has 1 aliphatic heterocycles. The summed E-state index contributed by atoms with van der Waals surface area (Å²) in [6.07, 6.45) is 3.34. The Bertz CT molecular complexity index is 352. The average Bonchev–Trinajstić information content (AvgIpc) is 2.30. The molecule has 3 heteroatoms. The Labute approximate surface area is 97.2 Å². The quantitative estimate of drug-likeness (QED) is 0.786. The molecule has 3 nitrogen and oxygen atoms in total. The van der Waals surface area contributed by atoms with E-state index in [1.54, 1.807) is 0 Å². The van der Waals surface area contributed by atoms with Gasteiger partial charge >= 0.3 is 0 Å². The van der Waals surface area contributed by atoms with Crippen LogP contribution in [-0.4, -0.2) is 26.7 Å². The molecular weight excluding hydrogens is 200 g/mol. The molecule has 0 aromatic heterocycles. The smallest absolute Gasteiger partial charge is 0.121 e. The Morgan fingerprint density at radius 2 is 2.31 bits per heavy atom. The van der Waals surface area contributed by atoms with Gasteiger partial charge in [-0.1, -0.05) is 6.07 Å². The van der Waals surface area contributed by atoms with E-state index in [9.17, 15) is 0 Å². The minimum atomic E-state index is 0.685. The summed E-state index contributed by atoms with van der Waals surface area (Å²) in [7, 11) is 2.14. The van der Waals surface area contributed by atoms with E-state index in [1.807, 2.05) is 0 Å². The fourth-order valence-corrected chi connectivity index (χ4v) is 2.10. The maximum Gasteiger partial charge on any atom is 0.121 e. The summed E-state index contributed by atoms with van der Waals surface area (Å²) in [5, 5.41) is 0.